The lowest BCUT2D eigenvalue weighted by atomic mass is 9.96. The second-order valence-electron chi connectivity index (χ2n) is 5.50. The molecule has 5 nitrogen and oxygen atoms in total. The summed E-state index contributed by atoms with van der Waals surface area (Å²) in [6.07, 6.45) is 4.15. The normalized spacial score (nSPS) is 18.1. The first-order valence-corrected chi connectivity index (χ1v) is 6.17. The minimum absolute atomic E-state index is 0.236. The van der Waals surface area contributed by atoms with Crippen LogP contribution in [0.4, 0.5) is 4.79 Å². The quantitative estimate of drug-likeness (QED) is 0.769. The fourth-order valence-electron chi connectivity index (χ4n) is 1.82. The van der Waals surface area contributed by atoms with Crippen molar-refractivity contribution in [1.29, 1.82) is 0 Å². The van der Waals surface area contributed by atoms with Crippen molar-refractivity contribution in [2.24, 2.45) is 5.92 Å². The number of aliphatic carboxylic acids is 1. The highest BCUT2D eigenvalue weighted by Gasteiger charge is 2.25. The molecule has 1 aliphatic heterocycles. The smallest absolute Gasteiger partial charge is 0.410 e. The third kappa shape index (κ3) is 5.21. The van der Waals surface area contributed by atoms with E-state index in [1.807, 2.05) is 20.8 Å². The van der Waals surface area contributed by atoms with Crippen LogP contribution in [-0.4, -0.2) is 40.8 Å². The molecule has 1 amide bonds. The predicted molar refractivity (Wildman–Crippen MR) is 67.3 cm³/mol. The van der Waals surface area contributed by atoms with Crippen molar-refractivity contribution in [3.05, 3.63) is 12.2 Å². The number of rotatable bonds is 2. The Morgan fingerprint density at radius 1 is 1.28 bits per heavy atom. The topological polar surface area (TPSA) is 66.8 Å². The minimum atomic E-state index is -0.926. The van der Waals surface area contributed by atoms with Crippen LogP contribution in [0.25, 0.3) is 0 Å². The van der Waals surface area contributed by atoms with Crippen LogP contribution < -0.4 is 0 Å². The molecular weight excluding hydrogens is 234 g/mol. The lowest BCUT2D eigenvalue weighted by molar-refractivity contribution is -0.131. The van der Waals surface area contributed by atoms with Crippen LogP contribution in [0, 0.1) is 5.92 Å². The highest BCUT2D eigenvalue weighted by molar-refractivity contribution is 5.79. The predicted octanol–water partition coefficient (Wildman–Crippen LogP) is 2.27. The van der Waals surface area contributed by atoms with Gasteiger partial charge in [0.1, 0.15) is 5.60 Å². The molecule has 0 bridgehead atoms. The van der Waals surface area contributed by atoms with Crippen LogP contribution >= 0.6 is 0 Å². The number of carboxylic acid groups (broad SMARTS) is 1. The van der Waals surface area contributed by atoms with Crippen LogP contribution in [0.15, 0.2) is 12.2 Å². The number of amides is 1. The molecule has 0 radical (unpaired) electrons. The molecule has 0 saturated carbocycles. The zero-order valence-corrected chi connectivity index (χ0v) is 11.2. The molecule has 1 rings (SSSR count). The summed E-state index contributed by atoms with van der Waals surface area (Å²) in [6, 6.07) is 0. The average molecular weight is 255 g/mol. The molecular formula is C13H21NO4. The number of carbonyl (C=O) groups excluding carboxylic acids is 1. The zero-order valence-electron chi connectivity index (χ0n) is 11.2. The van der Waals surface area contributed by atoms with Gasteiger partial charge in [-0.1, -0.05) is 6.08 Å². The van der Waals surface area contributed by atoms with E-state index >= 15 is 0 Å². The molecule has 0 spiro atoms. The number of carbonyl (C=O) groups is 2. The van der Waals surface area contributed by atoms with Crippen molar-refractivity contribution in [3.8, 4) is 0 Å². The van der Waals surface area contributed by atoms with Crippen molar-refractivity contribution < 1.29 is 19.4 Å². The highest BCUT2D eigenvalue weighted by Crippen LogP contribution is 2.20. The Kier molecular flexibility index (Phi) is 4.76. The number of allylic oxidation sites excluding steroid dienone is 1. The highest BCUT2D eigenvalue weighted by atomic mass is 16.6. The molecule has 1 saturated heterocycles. The second-order valence-corrected chi connectivity index (χ2v) is 5.50. The van der Waals surface area contributed by atoms with Crippen LogP contribution in [-0.2, 0) is 9.53 Å². The summed E-state index contributed by atoms with van der Waals surface area (Å²) >= 11 is 0. The summed E-state index contributed by atoms with van der Waals surface area (Å²) in [5.41, 5.74) is -0.475. The maximum atomic E-state index is 11.8. The van der Waals surface area contributed by atoms with Gasteiger partial charge in [0.25, 0.3) is 0 Å². The number of hydrogen-bond acceptors (Lipinski definition) is 3. The molecule has 0 unspecified atom stereocenters. The van der Waals surface area contributed by atoms with Gasteiger partial charge in [-0.25, -0.2) is 9.59 Å². The minimum Gasteiger partial charge on any atom is -0.478 e. The van der Waals surface area contributed by atoms with E-state index in [0.29, 0.717) is 13.1 Å². The van der Waals surface area contributed by atoms with Crippen LogP contribution in [0.3, 0.4) is 0 Å². The van der Waals surface area contributed by atoms with E-state index in [9.17, 15) is 9.59 Å². The van der Waals surface area contributed by atoms with Crippen LogP contribution in [0.1, 0.15) is 33.6 Å². The number of piperidine rings is 1. The fraction of sp³-hybridized carbons (Fsp3) is 0.692. The largest absolute Gasteiger partial charge is 0.478 e. The maximum Gasteiger partial charge on any atom is 0.410 e. The monoisotopic (exact) mass is 255 g/mol. The Bertz CT molecular complexity index is 335. The van der Waals surface area contributed by atoms with Gasteiger partial charge in [-0.05, 0) is 39.5 Å². The number of nitrogens with zero attached hydrogens (tertiary/aromatic N) is 1. The second kappa shape index (κ2) is 5.89. The van der Waals surface area contributed by atoms with Crippen molar-refractivity contribution in [2.75, 3.05) is 13.1 Å². The number of carboxylic acids is 1. The lowest BCUT2D eigenvalue weighted by Crippen LogP contribution is -2.41. The Morgan fingerprint density at radius 3 is 2.28 bits per heavy atom. The summed E-state index contributed by atoms with van der Waals surface area (Å²) in [5.74, 6) is -0.690. The van der Waals surface area contributed by atoms with Gasteiger partial charge in [0.15, 0.2) is 0 Å². The molecule has 1 heterocycles. The van der Waals surface area contributed by atoms with Gasteiger partial charge >= 0.3 is 12.1 Å². The van der Waals surface area contributed by atoms with E-state index in [-0.39, 0.29) is 12.0 Å². The molecule has 1 fully saturated rings. The van der Waals surface area contributed by atoms with Gasteiger partial charge < -0.3 is 14.7 Å². The third-order valence-electron chi connectivity index (χ3n) is 2.70. The summed E-state index contributed by atoms with van der Waals surface area (Å²) < 4.78 is 5.29. The van der Waals surface area contributed by atoms with E-state index in [1.54, 1.807) is 11.0 Å². The van der Waals surface area contributed by atoms with Gasteiger partial charge in [0.2, 0.25) is 0 Å². The van der Waals surface area contributed by atoms with Gasteiger partial charge in [0, 0.05) is 19.2 Å². The Labute approximate surface area is 107 Å². The molecule has 5 heteroatoms. The number of hydrogen-bond donors (Lipinski definition) is 1. The molecule has 0 aromatic heterocycles. The zero-order chi connectivity index (χ0) is 13.8. The molecule has 0 aromatic rings. The van der Waals surface area contributed by atoms with Crippen molar-refractivity contribution in [2.45, 2.75) is 39.2 Å². The van der Waals surface area contributed by atoms with Crippen LogP contribution in [0.2, 0.25) is 0 Å². The third-order valence-corrected chi connectivity index (χ3v) is 2.70. The van der Waals surface area contributed by atoms with Crippen LogP contribution in [0.5, 0.6) is 0 Å². The molecule has 18 heavy (non-hydrogen) atoms. The number of likely N-dealkylation sites (tertiary alicyclic amines) is 1. The summed E-state index contributed by atoms with van der Waals surface area (Å²) in [5, 5.41) is 8.54. The standard InChI is InChI=1S/C13H21NO4/c1-13(2,3)18-12(17)14-8-6-10(7-9-14)4-5-11(15)16/h4-5,10H,6-9H2,1-3H3,(H,15,16)/b5-4-. The maximum absolute atomic E-state index is 11.8. The van der Waals surface area contributed by atoms with E-state index in [2.05, 4.69) is 0 Å². The first-order chi connectivity index (χ1) is 8.28. The molecule has 0 aliphatic carbocycles. The summed E-state index contributed by atoms with van der Waals surface area (Å²) in [4.78, 5) is 23.9. The van der Waals surface area contributed by atoms with Crippen molar-refractivity contribution in [1.82, 2.24) is 4.90 Å². The van der Waals surface area contributed by atoms with Crippen molar-refractivity contribution in [3.63, 3.8) is 0 Å². The molecule has 0 atom stereocenters. The van der Waals surface area contributed by atoms with Crippen molar-refractivity contribution >= 4 is 12.1 Å². The average Bonchev–Trinajstić information content (AvgIpc) is 2.24. The first-order valence-electron chi connectivity index (χ1n) is 6.17. The van der Waals surface area contributed by atoms with Gasteiger partial charge in [-0.2, -0.15) is 0 Å². The number of ether oxygens (including phenoxy) is 1. The molecule has 1 aliphatic rings. The van der Waals surface area contributed by atoms with E-state index < -0.39 is 11.6 Å². The Hall–Kier alpha value is -1.52. The fourth-order valence-corrected chi connectivity index (χ4v) is 1.82. The van der Waals surface area contributed by atoms with Gasteiger partial charge in [0.05, 0.1) is 0 Å². The van der Waals surface area contributed by atoms with Gasteiger partial charge in [-0.3, -0.25) is 0 Å². The van der Waals surface area contributed by atoms with E-state index in [1.165, 1.54) is 6.08 Å². The SMILES string of the molecule is CC(C)(C)OC(=O)N1CCC(/C=C\C(=O)O)CC1. The molecule has 102 valence electrons. The summed E-state index contributed by atoms with van der Waals surface area (Å²) in [7, 11) is 0. The van der Waals surface area contributed by atoms with E-state index in [4.69, 9.17) is 9.84 Å². The first kappa shape index (κ1) is 14.5. The Morgan fingerprint density at radius 2 is 1.83 bits per heavy atom. The Balaban J connectivity index is 2.39. The lowest BCUT2D eigenvalue weighted by Gasteiger charge is -2.32. The molecule has 1 N–H and O–H groups in total. The molecule has 0 aromatic carbocycles. The van der Waals surface area contributed by atoms with E-state index in [0.717, 1.165) is 12.8 Å². The summed E-state index contributed by atoms with van der Waals surface area (Å²) in [6.45, 7) is 6.75. The van der Waals surface area contributed by atoms with Gasteiger partial charge in [-0.15, -0.1) is 0 Å².